The van der Waals surface area contributed by atoms with Gasteiger partial charge in [0.15, 0.2) is 0 Å². The molecule has 2 rings (SSSR count). The molecule has 11 heavy (non-hydrogen) atoms. The molecule has 0 amide bonds. The van der Waals surface area contributed by atoms with Gasteiger partial charge in [0.05, 0.1) is 3.70 Å². The molecule has 1 nitrogen and oxygen atoms in total. The van der Waals surface area contributed by atoms with E-state index in [1.165, 1.54) is 14.1 Å². The van der Waals surface area contributed by atoms with E-state index in [2.05, 4.69) is 58.2 Å². The largest absolute Gasteiger partial charge is 0.376 e. The Morgan fingerprint density at radius 2 is 2.09 bits per heavy atom. The topological polar surface area (TPSA) is 12.0 Å². The lowest BCUT2D eigenvalue weighted by molar-refractivity contribution is 1.05. The first-order valence-electron chi connectivity index (χ1n) is 3.57. The maximum atomic E-state index is 3.29. The highest BCUT2D eigenvalue weighted by atomic mass is 127. The number of benzene rings is 1. The molecule has 0 radical (unpaired) electrons. The first-order chi connectivity index (χ1) is 5.38. The van der Waals surface area contributed by atoms with Gasteiger partial charge in [-0.1, -0.05) is 30.3 Å². The van der Waals surface area contributed by atoms with E-state index in [0.29, 0.717) is 0 Å². The molecular formula is C9H8IN. The highest BCUT2D eigenvalue weighted by molar-refractivity contribution is 14.1. The Balaban J connectivity index is 2.89. The van der Waals surface area contributed by atoms with Crippen molar-refractivity contribution in [1.29, 1.82) is 0 Å². The van der Waals surface area contributed by atoms with Crippen molar-refractivity contribution in [1.82, 2.24) is 5.32 Å². The monoisotopic (exact) mass is 257 g/mol. The van der Waals surface area contributed by atoms with E-state index in [4.69, 9.17) is 0 Å². The van der Waals surface area contributed by atoms with Gasteiger partial charge in [0.25, 0.3) is 0 Å². The smallest absolute Gasteiger partial charge is 0.0813 e. The Kier molecular flexibility index (Phi) is 1.85. The highest BCUT2D eigenvalue weighted by Crippen LogP contribution is 1.99. The van der Waals surface area contributed by atoms with Gasteiger partial charge >= 0.3 is 0 Å². The summed E-state index contributed by atoms with van der Waals surface area (Å²) < 4.78 is 1.25. The third kappa shape index (κ3) is 1.27. The van der Waals surface area contributed by atoms with Crippen LogP contribution in [0.5, 0.6) is 0 Å². The summed E-state index contributed by atoms with van der Waals surface area (Å²) in [5, 5.41) is 5.95. The summed E-state index contributed by atoms with van der Waals surface area (Å²) in [6, 6.07) is 8.43. The fraction of sp³-hybridized carbons (Fsp3) is 0.111. The van der Waals surface area contributed by atoms with Gasteiger partial charge in [-0.05, 0) is 27.8 Å². The molecule has 0 saturated carbocycles. The molecular weight excluding hydrogens is 249 g/mol. The third-order valence-electron chi connectivity index (χ3n) is 1.78. The molecule has 0 bridgehead atoms. The lowest BCUT2D eigenvalue weighted by Gasteiger charge is -2.06. The Labute approximate surface area is 79.0 Å². The first kappa shape index (κ1) is 7.16. The van der Waals surface area contributed by atoms with Gasteiger partial charge in [0.1, 0.15) is 0 Å². The molecule has 1 N–H and O–H groups in total. The molecule has 1 aliphatic heterocycles. The van der Waals surface area contributed by atoms with Crippen LogP contribution in [0.2, 0.25) is 0 Å². The predicted molar refractivity (Wildman–Crippen MR) is 55.6 cm³/mol. The van der Waals surface area contributed by atoms with E-state index < -0.39 is 0 Å². The van der Waals surface area contributed by atoms with E-state index >= 15 is 0 Å². The minimum absolute atomic E-state index is 0.954. The average Bonchev–Trinajstić information content (AvgIpc) is 2.06. The Morgan fingerprint density at radius 1 is 1.27 bits per heavy atom. The fourth-order valence-corrected chi connectivity index (χ4v) is 1.93. The molecule has 0 fully saturated rings. The molecule has 2 heteroatoms. The molecule has 1 aromatic carbocycles. The van der Waals surface area contributed by atoms with Crippen LogP contribution >= 0.6 is 22.6 Å². The lowest BCUT2D eigenvalue weighted by atomic mass is 10.2. The van der Waals surface area contributed by atoms with Gasteiger partial charge in [-0.3, -0.25) is 0 Å². The summed E-state index contributed by atoms with van der Waals surface area (Å²) in [4.78, 5) is 0. The number of nitrogens with one attached hydrogen (secondary N) is 1. The van der Waals surface area contributed by atoms with Crippen molar-refractivity contribution in [2.45, 2.75) is 0 Å². The SMILES string of the molecule is IC1=c2ccccc2=CCN1. The van der Waals surface area contributed by atoms with Crippen molar-refractivity contribution in [2.75, 3.05) is 6.54 Å². The van der Waals surface area contributed by atoms with Crippen LogP contribution in [0.15, 0.2) is 24.3 Å². The van der Waals surface area contributed by atoms with Crippen LogP contribution in [0.3, 0.4) is 0 Å². The minimum Gasteiger partial charge on any atom is -0.376 e. The quantitative estimate of drug-likeness (QED) is 0.529. The second kappa shape index (κ2) is 2.85. The van der Waals surface area contributed by atoms with Crippen LogP contribution in [0.1, 0.15) is 0 Å². The zero-order chi connectivity index (χ0) is 7.68. The van der Waals surface area contributed by atoms with Gasteiger partial charge in [-0.2, -0.15) is 0 Å². The van der Waals surface area contributed by atoms with E-state index in [1.54, 1.807) is 0 Å². The van der Waals surface area contributed by atoms with Crippen molar-refractivity contribution in [3.63, 3.8) is 0 Å². The molecule has 56 valence electrons. The van der Waals surface area contributed by atoms with Crippen LogP contribution in [-0.2, 0) is 0 Å². The number of hydrogen-bond donors (Lipinski definition) is 1. The van der Waals surface area contributed by atoms with E-state index in [-0.39, 0.29) is 0 Å². The molecule has 0 spiro atoms. The van der Waals surface area contributed by atoms with E-state index in [1.807, 2.05) is 0 Å². The molecule has 0 unspecified atom stereocenters. The molecule has 1 aliphatic rings. The summed E-state index contributed by atoms with van der Waals surface area (Å²) in [5.74, 6) is 0. The van der Waals surface area contributed by atoms with E-state index in [0.717, 1.165) is 6.54 Å². The zero-order valence-corrected chi connectivity index (χ0v) is 8.13. The zero-order valence-electron chi connectivity index (χ0n) is 5.97. The summed E-state index contributed by atoms with van der Waals surface area (Å²) >= 11 is 2.33. The van der Waals surface area contributed by atoms with Crippen LogP contribution < -0.4 is 15.8 Å². The summed E-state index contributed by atoms with van der Waals surface area (Å²) in [7, 11) is 0. The van der Waals surface area contributed by atoms with Crippen molar-refractivity contribution in [3.8, 4) is 0 Å². The molecule has 0 aliphatic carbocycles. The molecule has 0 atom stereocenters. The summed E-state index contributed by atoms with van der Waals surface area (Å²) in [6.45, 7) is 0.954. The molecule has 1 aromatic rings. The van der Waals surface area contributed by atoms with Crippen LogP contribution in [0.25, 0.3) is 9.78 Å². The fourth-order valence-electron chi connectivity index (χ4n) is 1.22. The van der Waals surface area contributed by atoms with E-state index in [9.17, 15) is 0 Å². The molecule has 0 aromatic heterocycles. The van der Waals surface area contributed by atoms with Crippen LogP contribution in [0.4, 0.5) is 0 Å². The highest BCUT2D eigenvalue weighted by Gasteiger charge is 1.96. The number of fused-ring (bicyclic) bond motifs is 1. The molecule has 1 heterocycles. The standard InChI is InChI=1S/C9H8IN/c10-9-8-4-2-1-3-7(8)5-6-11-9/h1-5,11H,6H2. The lowest BCUT2D eigenvalue weighted by Crippen LogP contribution is -2.34. The second-order valence-electron chi connectivity index (χ2n) is 2.49. The van der Waals surface area contributed by atoms with Gasteiger partial charge in [-0.15, -0.1) is 0 Å². The normalized spacial score (nSPS) is 14.8. The summed E-state index contributed by atoms with van der Waals surface area (Å²) in [6.07, 6.45) is 2.21. The van der Waals surface area contributed by atoms with Gasteiger partial charge in [0.2, 0.25) is 0 Å². The minimum atomic E-state index is 0.954. The average molecular weight is 257 g/mol. The number of halogens is 1. The van der Waals surface area contributed by atoms with Crippen molar-refractivity contribution in [3.05, 3.63) is 34.7 Å². The Hall–Kier alpha value is -0.510. The second-order valence-corrected chi connectivity index (χ2v) is 3.57. The first-order valence-corrected chi connectivity index (χ1v) is 4.65. The predicted octanol–water partition coefficient (Wildman–Crippen LogP) is 0.571. The van der Waals surface area contributed by atoms with Gasteiger partial charge < -0.3 is 5.32 Å². The molecule has 0 saturated heterocycles. The summed E-state index contributed by atoms with van der Waals surface area (Å²) in [5.41, 5.74) is 0. The van der Waals surface area contributed by atoms with Gasteiger partial charge in [0, 0.05) is 11.8 Å². The maximum Gasteiger partial charge on any atom is 0.0813 e. The van der Waals surface area contributed by atoms with Crippen molar-refractivity contribution >= 4 is 32.4 Å². The maximum absolute atomic E-state index is 3.29. The van der Waals surface area contributed by atoms with Crippen molar-refractivity contribution < 1.29 is 0 Å². The number of rotatable bonds is 0. The van der Waals surface area contributed by atoms with Gasteiger partial charge in [-0.25, -0.2) is 0 Å². The third-order valence-corrected chi connectivity index (χ3v) is 2.74. The van der Waals surface area contributed by atoms with Crippen molar-refractivity contribution in [2.24, 2.45) is 0 Å². The van der Waals surface area contributed by atoms with Crippen LogP contribution in [0, 0.1) is 0 Å². The van der Waals surface area contributed by atoms with Crippen LogP contribution in [-0.4, -0.2) is 6.54 Å². The Bertz CT molecular complexity index is 381. The Morgan fingerprint density at radius 3 is 2.91 bits per heavy atom. The number of hydrogen-bond acceptors (Lipinski definition) is 1.